The van der Waals surface area contributed by atoms with Crippen LogP contribution >= 0.6 is 27.5 Å². The molecule has 0 unspecified atom stereocenters. The third-order valence-electron chi connectivity index (χ3n) is 4.05. The molecule has 2 aromatic carbocycles. The number of cyclic esters (lactones) is 1. The number of ether oxygens (including phenoxy) is 2. The van der Waals surface area contributed by atoms with Crippen molar-refractivity contribution in [2.45, 2.75) is 0 Å². The van der Waals surface area contributed by atoms with Crippen LogP contribution in [0.4, 0.5) is 0 Å². The Balaban J connectivity index is 1.64. The quantitative estimate of drug-likeness (QED) is 0.371. The molecule has 1 aliphatic heterocycles. The number of esters is 1. The first-order chi connectivity index (χ1) is 13.5. The fourth-order valence-corrected chi connectivity index (χ4v) is 3.13. The lowest BCUT2D eigenvalue weighted by Crippen LogP contribution is -2.07. The van der Waals surface area contributed by atoms with Crippen LogP contribution in [0.1, 0.15) is 11.3 Å². The highest BCUT2D eigenvalue weighted by Gasteiger charge is 2.26. The van der Waals surface area contributed by atoms with E-state index in [4.69, 9.17) is 25.5 Å². The topological polar surface area (TPSA) is 61.0 Å². The molecular weight excluding hydrogens is 446 g/mol. The fraction of sp³-hybridized carbons (Fsp3) is 0.0476. The Morgan fingerprint density at radius 3 is 2.64 bits per heavy atom. The van der Waals surface area contributed by atoms with Gasteiger partial charge in [0.05, 0.1) is 12.7 Å². The van der Waals surface area contributed by atoms with Gasteiger partial charge in [0.2, 0.25) is 5.90 Å². The van der Waals surface area contributed by atoms with Gasteiger partial charge >= 0.3 is 5.97 Å². The molecule has 0 amide bonds. The molecule has 0 aliphatic carbocycles. The van der Waals surface area contributed by atoms with Gasteiger partial charge in [-0.15, -0.1) is 0 Å². The van der Waals surface area contributed by atoms with Crippen molar-refractivity contribution in [1.29, 1.82) is 0 Å². The number of carbonyl (C=O) groups is 1. The minimum absolute atomic E-state index is 0.142. The number of hydrogen-bond donors (Lipinski definition) is 0. The fourth-order valence-electron chi connectivity index (χ4n) is 2.70. The van der Waals surface area contributed by atoms with Crippen molar-refractivity contribution in [1.82, 2.24) is 0 Å². The predicted octanol–water partition coefficient (Wildman–Crippen LogP) is 5.72. The lowest BCUT2D eigenvalue weighted by atomic mass is 10.2. The van der Waals surface area contributed by atoms with Gasteiger partial charge in [-0.1, -0.05) is 39.7 Å². The highest BCUT2D eigenvalue weighted by molar-refractivity contribution is 9.10. The normalized spacial score (nSPS) is 14.9. The minimum atomic E-state index is -0.561. The molecule has 0 atom stereocenters. The Labute approximate surface area is 174 Å². The zero-order valence-corrected chi connectivity index (χ0v) is 17.0. The molecule has 140 valence electrons. The standard InChI is InChI=1S/C21H13BrClNO4/c1-26-19-10-14(23)6-8-16(19)20-24-17(21(25)28-20)11-15-7-9-18(27-15)12-2-4-13(22)5-3-12/h2-11H,1H3. The van der Waals surface area contributed by atoms with Crippen LogP contribution < -0.4 is 4.74 Å². The first-order valence-corrected chi connectivity index (χ1v) is 9.43. The number of furan rings is 1. The molecule has 0 N–H and O–H groups in total. The van der Waals surface area contributed by atoms with Crippen molar-refractivity contribution < 1.29 is 18.7 Å². The molecule has 0 radical (unpaired) electrons. The predicted molar refractivity (Wildman–Crippen MR) is 110 cm³/mol. The van der Waals surface area contributed by atoms with E-state index in [1.165, 1.54) is 7.11 Å². The summed E-state index contributed by atoms with van der Waals surface area (Å²) in [5.74, 6) is 1.25. The molecule has 5 nitrogen and oxygen atoms in total. The van der Waals surface area contributed by atoms with Crippen LogP contribution in [0.2, 0.25) is 5.02 Å². The van der Waals surface area contributed by atoms with E-state index in [-0.39, 0.29) is 11.6 Å². The second kappa shape index (κ2) is 7.66. The van der Waals surface area contributed by atoms with E-state index in [9.17, 15) is 4.79 Å². The Bertz CT molecular complexity index is 1120. The molecule has 0 saturated carbocycles. The van der Waals surface area contributed by atoms with Gasteiger partial charge in [0.25, 0.3) is 0 Å². The Kier molecular flexibility index (Phi) is 5.07. The molecule has 28 heavy (non-hydrogen) atoms. The van der Waals surface area contributed by atoms with E-state index in [1.807, 2.05) is 30.3 Å². The number of benzene rings is 2. The maximum absolute atomic E-state index is 12.2. The maximum atomic E-state index is 12.2. The molecular formula is C21H13BrClNO4. The highest BCUT2D eigenvalue weighted by atomic mass is 79.9. The lowest BCUT2D eigenvalue weighted by molar-refractivity contribution is -0.129. The number of hydrogen-bond acceptors (Lipinski definition) is 5. The molecule has 0 saturated heterocycles. The van der Waals surface area contributed by atoms with Gasteiger partial charge in [0.15, 0.2) is 5.70 Å². The van der Waals surface area contributed by atoms with Gasteiger partial charge in [0, 0.05) is 21.1 Å². The van der Waals surface area contributed by atoms with Crippen LogP contribution in [0.25, 0.3) is 17.4 Å². The Morgan fingerprint density at radius 1 is 1.11 bits per heavy atom. The highest BCUT2D eigenvalue weighted by Crippen LogP contribution is 2.29. The van der Waals surface area contributed by atoms with Gasteiger partial charge < -0.3 is 13.9 Å². The summed E-state index contributed by atoms with van der Waals surface area (Å²) in [7, 11) is 1.51. The molecule has 4 rings (SSSR count). The molecule has 2 heterocycles. The number of aliphatic imine (C=N–C) groups is 1. The van der Waals surface area contributed by atoms with Gasteiger partial charge in [-0.2, -0.15) is 0 Å². The van der Waals surface area contributed by atoms with E-state index in [1.54, 1.807) is 30.3 Å². The van der Waals surface area contributed by atoms with E-state index in [0.717, 1.165) is 10.0 Å². The summed E-state index contributed by atoms with van der Waals surface area (Å²) in [6.45, 7) is 0. The van der Waals surface area contributed by atoms with Crippen molar-refractivity contribution in [3.63, 3.8) is 0 Å². The second-order valence-corrected chi connectivity index (χ2v) is 7.24. The lowest BCUT2D eigenvalue weighted by Gasteiger charge is -2.07. The summed E-state index contributed by atoms with van der Waals surface area (Å²) in [6, 6.07) is 16.3. The van der Waals surface area contributed by atoms with E-state index in [2.05, 4.69) is 20.9 Å². The van der Waals surface area contributed by atoms with Gasteiger partial charge in [-0.05, 0) is 42.5 Å². The van der Waals surface area contributed by atoms with Crippen LogP contribution in [0.15, 0.2) is 74.2 Å². The minimum Gasteiger partial charge on any atom is -0.496 e. The molecule has 0 spiro atoms. The largest absolute Gasteiger partial charge is 0.496 e. The van der Waals surface area contributed by atoms with Crippen molar-refractivity contribution in [3.8, 4) is 17.1 Å². The van der Waals surface area contributed by atoms with Gasteiger partial charge in [0.1, 0.15) is 17.3 Å². The first-order valence-electron chi connectivity index (χ1n) is 8.26. The summed E-state index contributed by atoms with van der Waals surface area (Å²) in [4.78, 5) is 16.5. The van der Waals surface area contributed by atoms with Crippen LogP contribution in [-0.4, -0.2) is 19.0 Å². The summed E-state index contributed by atoms with van der Waals surface area (Å²) in [6.07, 6.45) is 1.54. The Hall–Kier alpha value is -2.83. The van der Waals surface area contributed by atoms with Crippen molar-refractivity contribution >= 4 is 45.5 Å². The maximum Gasteiger partial charge on any atom is 0.363 e. The molecule has 0 bridgehead atoms. The summed E-state index contributed by atoms with van der Waals surface area (Å²) >= 11 is 9.38. The van der Waals surface area contributed by atoms with Crippen molar-refractivity contribution in [2.24, 2.45) is 4.99 Å². The van der Waals surface area contributed by atoms with Crippen molar-refractivity contribution in [3.05, 3.63) is 81.1 Å². The average Bonchev–Trinajstić information content (AvgIpc) is 3.29. The van der Waals surface area contributed by atoms with Gasteiger partial charge in [-0.3, -0.25) is 0 Å². The third kappa shape index (κ3) is 3.74. The third-order valence-corrected chi connectivity index (χ3v) is 4.81. The summed E-state index contributed by atoms with van der Waals surface area (Å²) in [5.41, 5.74) is 1.61. The number of rotatable bonds is 4. The monoisotopic (exact) mass is 457 g/mol. The van der Waals surface area contributed by atoms with Gasteiger partial charge in [-0.25, -0.2) is 9.79 Å². The molecule has 0 fully saturated rings. The van der Waals surface area contributed by atoms with Crippen LogP contribution in [0.3, 0.4) is 0 Å². The smallest absolute Gasteiger partial charge is 0.363 e. The molecule has 1 aliphatic rings. The number of nitrogens with zero attached hydrogens (tertiary/aromatic N) is 1. The molecule has 7 heteroatoms. The summed E-state index contributed by atoms with van der Waals surface area (Å²) < 4.78 is 17.4. The zero-order chi connectivity index (χ0) is 19.7. The molecule has 3 aromatic rings. The SMILES string of the molecule is COc1cc(Cl)ccc1C1=NC(=Cc2ccc(-c3ccc(Br)cc3)o2)C(=O)O1. The Morgan fingerprint density at radius 2 is 1.89 bits per heavy atom. The second-order valence-electron chi connectivity index (χ2n) is 5.89. The van der Waals surface area contributed by atoms with Crippen LogP contribution in [0, 0.1) is 0 Å². The first kappa shape index (κ1) is 18.5. The summed E-state index contributed by atoms with van der Waals surface area (Å²) in [5, 5.41) is 0.511. The van der Waals surface area contributed by atoms with Crippen molar-refractivity contribution in [2.75, 3.05) is 7.11 Å². The van der Waals surface area contributed by atoms with E-state index >= 15 is 0 Å². The number of carbonyl (C=O) groups excluding carboxylic acids is 1. The van der Waals surface area contributed by atoms with E-state index in [0.29, 0.717) is 27.9 Å². The zero-order valence-electron chi connectivity index (χ0n) is 14.6. The number of methoxy groups -OCH3 is 1. The average molecular weight is 459 g/mol. The van der Waals surface area contributed by atoms with Crippen LogP contribution in [-0.2, 0) is 9.53 Å². The molecule has 1 aromatic heterocycles. The van der Waals surface area contributed by atoms with E-state index < -0.39 is 5.97 Å². The van der Waals surface area contributed by atoms with Crippen LogP contribution in [0.5, 0.6) is 5.75 Å². The number of halogens is 2.